The molecule has 0 fully saturated rings. The number of carbonyl (C=O) groups excluding carboxylic acids is 1. The van der Waals surface area contributed by atoms with Gasteiger partial charge >= 0.3 is 0 Å². The number of Topliss-reactive ketones (excluding diaryl/α,β-unsaturated/α-hetero) is 1. The van der Waals surface area contributed by atoms with Crippen LogP contribution in [0.15, 0.2) is 30.7 Å². The number of carbonyl (C=O) groups is 1. The molecule has 0 saturated carbocycles. The molecule has 0 unspecified atom stereocenters. The van der Waals surface area contributed by atoms with E-state index >= 15 is 0 Å². The van der Waals surface area contributed by atoms with Crippen LogP contribution in [0.4, 0.5) is 0 Å². The summed E-state index contributed by atoms with van der Waals surface area (Å²) >= 11 is 0. The Hall–Kier alpha value is -2.54. The third kappa shape index (κ3) is 2.43. The van der Waals surface area contributed by atoms with E-state index in [0.29, 0.717) is 17.0 Å². The van der Waals surface area contributed by atoms with Gasteiger partial charge in [0.1, 0.15) is 6.54 Å². The Labute approximate surface area is 120 Å². The number of fused-ring (bicyclic) bond motifs is 1. The highest BCUT2D eigenvalue weighted by molar-refractivity contribution is 5.81. The average Bonchev–Trinajstić information content (AvgIpc) is 3.06. The number of nitrogens with zero attached hydrogens (tertiary/aromatic N) is 5. The first kappa shape index (κ1) is 13.4. The molecular weight excluding hydrogens is 270 g/mol. The van der Waals surface area contributed by atoms with Crippen LogP contribution in [0.5, 0.6) is 0 Å². The first-order valence-electron chi connectivity index (χ1n) is 6.60. The number of hydrogen-bond acceptors (Lipinski definition) is 5. The molecule has 0 bridgehead atoms. The van der Waals surface area contributed by atoms with Crippen LogP contribution in [0.2, 0.25) is 0 Å². The lowest BCUT2D eigenvalue weighted by atomic mass is 10.2. The van der Waals surface area contributed by atoms with Crippen LogP contribution >= 0.6 is 0 Å². The van der Waals surface area contributed by atoms with Crippen molar-refractivity contribution in [2.45, 2.75) is 26.5 Å². The van der Waals surface area contributed by atoms with Gasteiger partial charge in [0, 0.05) is 17.8 Å². The number of aliphatic hydroxyl groups is 1. The molecule has 0 saturated heterocycles. The molecule has 7 nitrogen and oxygen atoms in total. The second-order valence-corrected chi connectivity index (χ2v) is 4.94. The van der Waals surface area contributed by atoms with Crippen LogP contribution in [0, 0.1) is 0 Å². The maximum atomic E-state index is 11.3. The predicted molar refractivity (Wildman–Crippen MR) is 76.0 cm³/mol. The molecule has 3 heterocycles. The minimum Gasteiger partial charge on any atom is -0.387 e. The van der Waals surface area contributed by atoms with Crippen LogP contribution in [0.1, 0.15) is 25.6 Å². The van der Waals surface area contributed by atoms with E-state index in [1.54, 1.807) is 36.3 Å². The van der Waals surface area contributed by atoms with E-state index in [0.717, 1.165) is 5.39 Å². The number of pyridine rings is 1. The summed E-state index contributed by atoms with van der Waals surface area (Å²) in [6.07, 6.45) is 4.35. The van der Waals surface area contributed by atoms with Crippen molar-refractivity contribution in [3.8, 4) is 5.69 Å². The summed E-state index contributed by atoms with van der Waals surface area (Å²) in [6, 6.07) is 3.66. The number of ketones is 1. The van der Waals surface area contributed by atoms with Crippen LogP contribution in [-0.2, 0) is 11.3 Å². The van der Waals surface area contributed by atoms with Crippen LogP contribution in [0.3, 0.4) is 0 Å². The summed E-state index contributed by atoms with van der Waals surface area (Å²) in [5.74, 6) is -0.00319. The Bertz CT molecular complexity index is 789. The number of aromatic nitrogens is 5. The van der Waals surface area contributed by atoms with Crippen molar-refractivity contribution >= 4 is 16.8 Å². The quantitative estimate of drug-likeness (QED) is 0.780. The van der Waals surface area contributed by atoms with E-state index in [1.165, 1.54) is 11.6 Å². The SMILES string of the molecule is CC(=O)Cn1ncc2cc(-n3cccn3)c([C@@H](C)O)nc21. The lowest BCUT2D eigenvalue weighted by Crippen LogP contribution is -2.11. The molecule has 0 aliphatic heterocycles. The van der Waals surface area contributed by atoms with E-state index in [4.69, 9.17) is 0 Å². The first-order chi connectivity index (χ1) is 10.1. The van der Waals surface area contributed by atoms with Gasteiger partial charge in [0.05, 0.1) is 23.7 Å². The number of hydrogen-bond donors (Lipinski definition) is 1. The Balaban J connectivity index is 2.21. The normalized spacial score (nSPS) is 12.7. The molecular formula is C14H15N5O2. The average molecular weight is 285 g/mol. The summed E-state index contributed by atoms with van der Waals surface area (Å²) < 4.78 is 3.19. The van der Waals surface area contributed by atoms with E-state index in [1.807, 2.05) is 6.07 Å². The summed E-state index contributed by atoms with van der Waals surface area (Å²) in [5, 5.41) is 19.1. The molecule has 0 aromatic carbocycles. The molecule has 7 heteroatoms. The molecule has 1 atom stereocenters. The van der Waals surface area contributed by atoms with Crippen molar-refractivity contribution in [3.63, 3.8) is 0 Å². The van der Waals surface area contributed by atoms with E-state index in [9.17, 15) is 9.90 Å². The summed E-state index contributed by atoms with van der Waals surface area (Å²) in [4.78, 5) is 15.8. The van der Waals surface area contributed by atoms with Gasteiger partial charge in [0.15, 0.2) is 11.4 Å². The monoisotopic (exact) mass is 285 g/mol. The Kier molecular flexibility index (Phi) is 3.26. The zero-order chi connectivity index (χ0) is 15.0. The van der Waals surface area contributed by atoms with Gasteiger partial charge in [-0.1, -0.05) is 0 Å². The minimum absolute atomic E-state index is 0.00319. The molecule has 3 rings (SSSR count). The highest BCUT2D eigenvalue weighted by Gasteiger charge is 2.16. The highest BCUT2D eigenvalue weighted by Crippen LogP contribution is 2.24. The molecule has 21 heavy (non-hydrogen) atoms. The lowest BCUT2D eigenvalue weighted by Gasteiger charge is -2.12. The molecule has 0 amide bonds. The van der Waals surface area contributed by atoms with Gasteiger partial charge in [0.25, 0.3) is 0 Å². The Morgan fingerprint density at radius 3 is 2.86 bits per heavy atom. The molecule has 0 radical (unpaired) electrons. The van der Waals surface area contributed by atoms with Crippen molar-refractivity contribution in [3.05, 3.63) is 36.4 Å². The fourth-order valence-corrected chi connectivity index (χ4v) is 2.24. The zero-order valence-electron chi connectivity index (χ0n) is 11.8. The Morgan fingerprint density at radius 1 is 1.43 bits per heavy atom. The summed E-state index contributed by atoms with van der Waals surface area (Å²) in [6.45, 7) is 3.31. The zero-order valence-corrected chi connectivity index (χ0v) is 11.8. The molecule has 0 aliphatic carbocycles. The largest absolute Gasteiger partial charge is 0.387 e. The third-order valence-corrected chi connectivity index (χ3v) is 3.14. The van der Waals surface area contributed by atoms with Crippen molar-refractivity contribution in [2.75, 3.05) is 0 Å². The van der Waals surface area contributed by atoms with E-state index in [2.05, 4.69) is 15.2 Å². The Morgan fingerprint density at radius 2 is 2.24 bits per heavy atom. The second kappa shape index (κ2) is 5.10. The van der Waals surface area contributed by atoms with Gasteiger partial charge in [-0.2, -0.15) is 10.2 Å². The molecule has 3 aromatic heterocycles. The maximum Gasteiger partial charge on any atom is 0.158 e. The second-order valence-electron chi connectivity index (χ2n) is 4.94. The van der Waals surface area contributed by atoms with Crippen LogP contribution in [-0.4, -0.2) is 35.4 Å². The predicted octanol–water partition coefficient (Wildman–Crippen LogP) is 1.26. The lowest BCUT2D eigenvalue weighted by molar-refractivity contribution is -0.117. The van der Waals surface area contributed by atoms with Gasteiger partial charge in [0.2, 0.25) is 0 Å². The smallest absolute Gasteiger partial charge is 0.158 e. The van der Waals surface area contributed by atoms with Gasteiger partial charge in [-0.05, 0) is 26.0 Å². The van der Waals surface area contributed by atoms with Crippen LogP contribution in [0.25, 0.3) is 16.7 Å². The first-order valence-corrected chi connectivity index (χ1v) is 6.60. The van der Waals surface area contributed by atoms with E-state index in [-0.39, 0.29) is 12.3 Å². The molecule has 0 aliphatic rings. The molecule has 0 spiro atoms. The topological polar surface area (TPSA) is 85.8 Å². The standard InChI is InChI=1S/C14H15N5O2/c1-9(20)8-19-14-11(7-16-19)6-12(13(17-14)10(2)21)18-5-3-4-15-18/h3-7,10,21H,8H2,1-2H3/t10-/m1/s1. The maximum absolute atomic E-state index is 11.3. The van der Waals surface area contributed by atoms with Crippen molar-refractivity contribution < 1.29 is 9.90 Å². The highest BCUT2D eigenvalue weighted by atomic mass is 16.3. The molecule has 3 aromatic rings. The number of aliphatic hydroxyl groups excluding tert-OH is 1. The minimum atomic E-state index is -0.755. The van der Waals surface area contributed by atoms with Crippen molar-refractivity contribution in [1.82, 2.24) is 24.5 Å². The van der Waals surface area contributed by atoms with Gasteiger partial charge in [-0.25, -0.2) is 14.3 Å². The van der Waals surface area contributed by atoms with Crippen LogP contribution < -0.4 is 0 Å². The summed E-state index contributed by atoms with van der Waals surface area (Å²) in [5.41, 5.74) is 1.78. The fraction of sp³-hybridized carbons (Fsp3) is 0.286. The van der Waals surface area contributed by atoms with Gasteiger partial charge < -0.3 is 5.11 Å². The van der Waals surface area contributed by atoms with E-state index < -0.39 is 6.10 Å². The van der Waals surface area contributed by atoms with Gasteiger partial charge in [-0.15, -0.1) is 0 Å². The number of rotatable bonds is 4. The van der Waals surface area contributed by atoms with Gasteiger partial charge in [-0.3, -0.25) is 4.79 Å². The fourth-order valence-electron chi connectivity index (χ4n) is 2.24. The molecule has 108 valence electrons. The third-order valence-electron chi connectivity index (χ3n) is 3.14. The summed E-state index contributed by atoms with van der Waals surface area (Å²) in [7, 11) is 0. The van der Waals surface area contributed by atoms with Crippen molar-refractivity contribution in [2.24, 2.45) is 0 Å². The molecule has 1 N–H and O–H groups in total. The van der Waals surface area contributed by atoms with Crippen molar-refractivity contribution in [1.29, 1.82) is 0 Å².